The van der Waals surface area contributed by atoms with Gasteiger partial charge >= 0.3 is 0 Å². The fourth-order valence-electron chi connectivity index (χ4n) is 4.45. The van der Waals surface area contributed by atoms with Crippen LogP contribution in [0.1, 0.15) is 49.9 Å². The lowest BCUT2D eigenvalue weighted by Gasteiger charge is -2.33. The molecule has 0 aliphatic rings. The maximum Gasteiger partial charge on any atom is 0.249 e. The van der Waals surface area contributed by atoms with E-state index in [1.165, 1.54) is 0 Å². The van der Waals surface area contributed by atoms with E-state index in [1.54, 1.807) is 9.58 Å². The number of aryl methyl sites for hydroxylation is 2. The quantitative estimate of drug-likeness (QED) is 0.325. The summed E-state index contributed by atoms with van der Waals surface area (Å²) in [6.07, 6.45) is 1.58. The molecule has 1 aromatic heterocycles. The first kappa shape index (κ1) is 26.1. The second-order valence-corrected chi connectivity index (χ2v) is 9.77. The number of aromatic nitrogens is 3. The van der Waals surface area contributed by atoms with Gasteiger partial charge in [0.1, 0.15) is 18.1 Å². The molecule has 0 aliphatic heterocycles. The van der Waals surface area contributed by atoms with Crippen molar-refractivity contribution in [2.24, 2.45) is 5.92 Å². The first-order valence-corrected chi connectivity index (χ1v) is 12.9. The lowest BCUT2D eigenvalue weighted by atomic mass is 9.99. The molecule has 0 spiro atoms. The molecule has 37 heavy (non-hydrogen) atoms. The minimum atomic E-state index is -0.831. The molecular formula is C30H35N5O2. The minimum Gasteiger partial charge on any atom is -0.354 e. The van der Waals surface area contributed by atoms with Crippen LogP contribution in [0.2, 0.25) is 0 Å². The second kappa shape index (κ2) is 11.8. The first-order chi connectivity index (χ1) is 17.9. The highest BCUT2D eigenvalue weighted by Gasteiger charge is 2.34. The number of para-hydroxylation sites is 2. The Morgan fingerprint density at radius 3 is 2.41 bits per heavy atom. The fraction of sp³-hybridized carbons (Fsp3) is 0.333. The third-order valence-corrected chi connectivity index (χ3v) is 6.53. The number of benzene rings is 3. The van der Waals surface area contributed by atoms with Gasteiger partial charge in [0.05, 0.1) is 5.52 Å². The number of carbonyl (C=O) groups excluding carboxylic acids is 2. The van der Waals surface area contributed by atoms with Crippen LogP contribution in [0.25, 0.3) is 11.0 Å². The number of carbonyl (C=O) groups is 2. The summed E-state index contributed by atoms with van der Waals surface area (Å²) < 4.78 is 1.60. The molecule has 0 radical (unpaired) electrons. The molecule has 1 heterocycles. The Labute approximate surface area is 218 Å². The normalized spacial score (nSPS) is 12.0. The molecule has 7 heteroatoms. The Hall–Kier alpha value is -4.00. The fourth-order valence-corrected chi connectivity index (χ4v) is 4.45. The number of hydrogen-bond acceptors (Lipinski definition) is 4. The van der Waals surface area contributed by atoms with Crippen molar-refractivity contribution >= 4 is 28.5 Å². The molecule has 3 aromatic carbocycles. The number of hydrogen-bond donors (Lipinski definition) is 1. The SMILES string of the molecule is CCc1ccccc1N(C(=O)Cn1nnc2ccccc21)C(C(=O)NCCC(C)C)c1ccc(C)cc1. The van der Waals surface area contributed by atoms with Crippen molar-refractivity contribution in [3.63, 3.8) is 0 Å². The molecule has 0 saturated heterocycles. The molecule has 4 rings (SSSR count). The average molecular weight is 498 g/mol. The van der Waals surface area contributed by atoms with Crippen LogP contribution >= 0.6 is 0 Å². The molecule has 1 atom stereocenters. The molecule has 7 nitrogen and oxygen atoms in total. The molecule has 0 fully saturated rings. The summed E-state index contributed by atoms with van der Waals surface area (Å²) in [5, 5.41) is 11.5. The molecule has 0 saturated carbocycles. The van der Waals surface area contributed by atoms with Crippen LogP contribution in [0.4, 0.5) is 5.69 Å². The number of rotatable bonds is 10. The van der Waals surface area contributed by atoms with Gasteiger partial charge in [0.15, 0.2) is 0 Å². The van der Waals surface area contributed by atoms with Crippen LogP contribution in [0, 0.1) is 12.8 Å². The topological polar surface area (TPSA) is 80.1 Å². The summed E-state index contributed by atoms with van der Waals surface area (Å²) >= 11 is 0. The smallest absolute Gasteiger partial charge is 0.249 e. The Morgan fingerprint density at radius 1 is 0.973 bits per heavy atom. The van der Waals surface area contributed by atoms with Gasteiger partial charge in [-0.05, 0) is 55.0 Å². The van der Waals surface area contributed by atoms with Crippen molar-refractivity contribution in [1.29, 1.82) is 0 Å². The maximum atomic E-state index is 14.1. The van der Waals surface area contributed by atoms with E-state index in [0.717, 1.165) is 46.3 Å². The second-order valence-electron chi connectivity index (χ2n) is 9.77. The predicted molar refractivity (Wildman–Crippen MR) is 147 cm³/mol. The van der Waals surface area contributed by atoms with Gasteiger partial charge < -0.3 is 5.32 Å². The molecule has 2 amide bonds. The van der Waals surface area contributed by atoms with E-state index >= 15 is 0 Å². The van der Waals surface area contributed by atoms with Gasteiger partial charge in [0.25, 0.3) is 0 Å². The monoisotopic (exact) mass is 497 g/mol. The average Bonchev–Trinajstić information content (AvgIpc) is 3.30. The van der Waals surface area contributed by atoms with E-state index in [1.807, 2.05) is 79.7 Å². The summed E-state index contributed by atoms with van der Waals surface area (Å²) in [5.41, 5.74) is 5.06. The van der Waals surface area contributed by atoms with Crippen LogP contribution in [0.5, 0.6) is 0 Å². The Kier molecular flexibility index (Phi) is 8.33. The number of nitrogens with zero attached hydrogens (tertiary/aromatic N) is 4. The highest BCUT2D eigenvalue weighted by Crippen LogP contribution is 2.32. The van der Waals surface area contributed by atoms with E-state index in [9.17, 15) is 9.59 Å². The number of amides is 2. The summed E-state index contributed by atoms with van der Waals surface area (Å²) in [5.74, 6) is 0.0191. The summed E-state index contributed by atoms with van der Waals surface area (Å²) in [6.45, 7) is 8.81. The first-order valence-electron chi connectivity index (χ1n) is 12.9. The zero-order valence-electron chi connectivity index (χ0n) is 22.0. The number of anilines is 1. The largest absolute Gasteiger partial charge is 0.354 e. The maximum absolute atomic E-state index is 14.1. The molecule has 192 valence electrons. The summed E-state index contributed by atoms with van der Waals surface area (Å²) in [4.78, 5) is 29.6. The van der Waals surface area contributed by atoms with Crippen LogP contribution in [0.15, 0.2) is 72.8 Å². The Balaban J connectivity index is 1.79. The van der Waals surface area contributed by atoms with Crippen molar-refractivity contribution in [2.45, 2.75) is 53.1 Å². The zero-order chi connectivity index (χ0) is 26.4. The molecular weight excluding hydrogens is 462 g/mol. The van der Waals surface area contributed by atoms with Gasteiger partial charge in [0.2, 0.25) is 11.8 Å². The van der Waals surface area contributed by atoms with Gasteiger partial charge in [-0.2, -0.15) is 0 Å². The Bertz CT molecular complexity index is 1360. The van der Waals surface area contributed by atoms with Crippen molar-refractivity contribution in [3.05, 3.63) is 89.5 Å². The molecule has 0 bridgehead atoms. The number of nitrogens with one attached hydrogen (secondary N) is 1. The van der Waals surface area contributed by atoms with Gasteiger partial charge in [-0.15, -0.1) is 5.10 Å². The molecule has 1 unspecified atom stereocenters. The highest BCUT2D eigenvalue weighted by atomic mass is 16.2. The van der Waals surface area contributed by atoms with Gasteiger partial charge in [-0.1, -0.05) is 86.1 Å². The molecule has 4 aromatic rings. The lowest BCUT2D eigenvalue weighted by Crippen LogP contribution is -2.46. The molecule has 0 aliphatic carbocycles. The Morgan fingerprint density at radius 2 is 1.68 bits per heavy atom. The van der Waals surface area contributed by atoms with Gasteiger partial charge in [-0.25, -0.2) is 4.68 Å². The minimum absolute atomic E-state index is 0.0415. The van der Waals surface area contributed by atoms with E-state index in [-0.39, 0.29) is 18.4 Å². The van der Waals surface area contributed by atoms with Crippen LogP contribution in [-0.4, -0.2) is 33.4 Å². The van der Waals surface area contributed by atoms with Crippen molar-refractivity contribution in [1.82, 2.24) is 20.3 Å². The van der Waals surface area contributed by atoms with Crippen LogP contribution in [-0.2, 0) is 22.6 Å². The van der Waals surface area contributed by atoms with Crippen molar-refractivity contribution < 1.29 is 9.59 Å². The van der Waals surface area contributed by atoms with Crippen LogP contribution in [0.3, 0.4) is 0 Å². The van der Waals surface area contributed by atoms with Gasteiger partial charge in [0, 0.05) is 12.2 Å². The molecule has 1 N–H and O–H groups in total. The predicted octanol–water partition coefficient (Wildman–Crippen LogP) is 5.24. The van der Waals surface area contributed by atoms with Gasteiger partial charge in [-0.3, -0.25) is 14.5 Å². The zero-order valence-corrected chi connectivity index (χ0v) is 22.0. The van der Waals surface area contributed by atoms with E-state index in [0.29, 0.717) is 12.5 Å². The van der Waals surface area contributed by atoms with E-state index in [2.05, 4.69) is 36.4 Å². The van der Waals surface area contributed by atoms with E-state index in [4.69, 9.17) is 0 Å². The summed E-state index contributed by atoms with van der Waals surface area (Å²) in [7, 11) is 0. The lowest BCUT2D eigenvalue weighted by molar-refractivity contribution is -0.127. The van der Waals surface area contributed by atoms with Crippen LogP contribution < -0.4 is 10.2 Å². The third-order valence-electron chi connectivity index (χ3n) is 6.53. The number of fused-ring (bicyclic) bond motifs is 1. The van der Waals surface area contributed by atoms with E-state index < -0.39 is 6.04 Å². The third kappa shape index (κ3) is 6.05. The van der Waals surface area contributed by atoms with Crippen molar-refractivity contribution in [3.8, 4) is 0 Å². The summed E-state index contributed by atoms with van der Waals surface area (Å²) in [6, 6.07) is 22.3. The van der Waals surface area contributed by atoms with Crippen molar-refractivity contribution in [2.75, 3.05) is 11.4 Å². The highest BCUT2D eigenvalue weighted by molar-refractivity contribution is 6.02. The standard InChI is InChI=1S/C30H35N5O2/c1-5-23-10-6-8-12-26(23)35(28(36)20-34-27-13-9-7-11-25(27)32-33-34)29(24-16-14-22(4)15-17-24)30(37)31-19-18-21(2)3/h6-17,21,29H,5,18-20H2,1-4H3,(H,31,37).